The fraction of sp³-hybridized carbons (Fsp3) is 0.688. The number of rotatable bonds is 4. The van der Waals surface area contributed by atoms with Gasteiger partial charge in [-0.15, -0.1) is 0 Å². The van der Waals surface area contributed by atoms with E-state index in [0.717, 1.165) is 44.5 Å². The zero-order valence-corrected chi connectivity index (χ0v) is 13.3. The number of aromatic nitrogens is 1. The van der Waals surface area contributed by atoms with E-state index in [1.165, 1.54) is 12.3 Å². The molecule has 2 atom stereocenters. The number of pyridine rings is 1. The number of nitro groups is 1. The van der Waals surface area contributed by atoms with Crippen LogP contribution in [0.2, 0.25) is 0 Å². The first kappa shape index (κ1) is 16.1. The largest absolute Gasteiger partial charge is 0.392 e. The third-order valence-electron chi connectivity index (χ3n) is 5.38. The first-order chi connectivity index (χ1) is 11.0. The third kappa shape index (κ3) is 3.16. The number of ether oxygens (including phenoxy) is 1. The van der Waals surface area contributed by atoms with Gasteiger partial charge in [0.1, 0.15) is 12.0 Å². The first-order valence-corrected chi connectivity index (χ1v) is 8.12. The van der Waals surface area contributed by atoms with Gasteiger partial charge in [0, 0.05) is 37.2 Å². The molecule has 2 fully saturated rings. The van der Waals surface area contributed by atoms with Gasteiger partial charge in [-0.1, -0.05) is 0 Å². The summed E-state index contributed by atoms with van der Waals surface area (Å²) in [5.74, 6) is 0.834. The Balaban J connectivity index is 1.62. The van der Waals surface area contributed by atoms with Crippen LogP contribution in [0.15, 0.2) is 12.3 Å². The Morgan fingerprint density at radius 2 is 2.22 bits per heavy atom. The number of anilines is 1. The van der Waals surface area contributed by atoms with Crippen LogP contribution in [-0.4, -0.2) is 40.9 Å². The van der Waals surface area contributed by atoms with Crippen LogP contribution < -0.4 is 5.32 Å². The first-order valence-electron chi connectivity index (χ1n) is 8.12. The van der Waals surface area contributed by atoms with E-state index in [1.807, 2.05) is 0 Å². The molecule has 7 nitrogen and oxygen atoms in total. The Labute approximate surface area is 135 Å². The molecule has 0 aromatic carbocycles. The third-order valence-corrected chi connectivity index (χ3v) is 5.38. The van der Waals surface area contributed by atoms with Gasteiger partial charge in [-0.25, -0.2) is 4.98 Å². The number of nitrogens with zero attached hydrogens (tertiary/aromatic N) is 2. The second-order valence-electron chi connectivity index (χ2n) is 6.72. The molecule has 0 amide bonds. The van der Waals surface area contributed by atoms with Crippen molar-refractivity contribution in [2.45, 2.75) is 38.7 Å². The van der Waals surface area contributed by atoms with E-state index < -0.39 is 4.92 Å². The van der Waals surface area contributed by atoms with Crippen LogP contribution in [0.3, 0.4) is 0 Å². The Hall–Kier alpha value is -1.73. The molecule has 0 radical (unpaired) electrons. The maximum absolute atomic E-state index is 10.7. The van der Waals surface area contributed by atoms with E-state index in [-0.39, 0.29) is 23.1 Å². The minimum atomic E-state index is -0.445. The van der Waals surface area contributed by atoms with Crippen LogP contribution >= 0.6 is 0 Å². The van der Waals surface area contributed by atoms with Crippen LogP contribution in [0, 0.1) is 28.4 Å². The summed E-state index contributed by atoms with van der Waals surface area (Å²) in [6.45, 7) is 3.91. The summed E-state index contributed by atoms with van der Waals surface area (Å²) in [5, 5.41) is 24.7. The van der Waals surface area contributed by atoms with Crippen molar-refractivity contribution in [3.05, 3.63) is 27.9 Å². The van der Waals surface area contributed by atoms with Gasteiger partial charge in [0.05, 0.1) is 11.0 Å². The molecule has 23 heavy (non-hydrogen) atoms. The summed E-state index contributed by atoms with van der Waals surface area (Å²) in [4.78, 5) is 14.4. The minimum Gasteiger partial charge on any atom is -0.392 e. The highest BCUT2D eigenvalue weighted by Gasteiger charge is 2.47. The van der Waals surface area contributed by atoms with Crippen LogP contribution in [0.1, 0.15) is 31.2 Å². The number of nitrogens with one attached hydrogen (secondary N) is 1. The molecular weight excluding hydrogens is 298 g/mol. The van der Waals surface area contributed by atoms with Crippen LogP contribution in [0.5, 0.6) is 0 Å². The van der Waals surface area contributed by atoms with Crippen LogP contribution in [-0.2, 0) is 4.74 Å². The van der Waals surface area contributed by atoms with Crippen molar-refractivity contribution >= 4 is 11.5 Å². The lowest BCUT2D eigenvalue weighted by Gasteiger charge is -2.37. The Kier molecular flexibility index (Phi) is 4.50. The van der Waals surface area contributed by atoms with Gasteiger partial charge in [0.15, 0.2) is 0 Å². The average molecular weight is 321 g/mol. The molecule has 1 aromatic rings. The molecule has 1 aliphatic carbocycles. The molecular formula is C16H23N3O4. The van der Waals surface area contributed by atoms with Crippen molar-refractivity contribution in [1.29, 1.82) is 0 Å². The average Bonchev–Trinajstić information content (AvgIpc) is 2.83. The molecule has 2 N–H and O–H groups in total. The molecule has 2 unspecified atom stereocenters. The summed E-state index contributed by atoms with van der Waals surface area (Å²) >= 11 is 0. The maximum Gasteiger partial charge on any atom is 0.287 e. The molecule has 1 saturated carbocycles. The molecule has 2 aliphatic rings. The van der Waals surface area contributed by atoms with Gasteiger partial charge in [0.25, 0.3) is 5.69 Å². The van der Waals surface area contributed by atoms with E-state index in [2.05, 4.69) is 10.3 Å². The molecule has 126 valence electrons. The van der Waals surface area contributed by atoms with Crippen LogP contribution in [0.4, 0.5) is 11.5 Å². The zero-order chi connectivity index (χ0) is 16.4. The highest BCUT2D eigenvalue weighted by atomic mass is 16.6. The van der Waals surface area contributed by atoms with E-state index in [0.29, 0.717) is 12.4 Å². The van der Waals surface area contributed by atoms with Gasteiger partial charge >= 0.3 is 0 Å². The second-order valence-corrected chi connectivity index (χ2v) is 6.72. The molecule has 1 saturated heterocycles. The topological polar surface area (TPSA) is 97.5 Å². The molecule has 2 heterocycles. The summed E-state index contributed by atoms with van der Waals surface area (Å²) < 4.78 is 5.42. The monoisotopic (exact) mass is 321 g/mol. The van der Waals surface area contributed by atoms with Crippen molar-refractivity contribution < 1.29 is 14.8 Å². The van der Waals surface area contributed by atoms with E-state index in [1.54, 1.807) is 6.92 Å². The highest BCUT2D eigenvalue weighted by Crippen LogP contribution is 2.48. The number of hydrogen-bond donors (Lipinski definition) is 2. The van der Waals surface area contributed by atoms with E-state index in [4.69, 9.17) is 4.74 Å². The standard InChI is InChI=1S/C16H23N3O4/c1-11-8-13(19(21)22)10-18-15(11)17-9-12-2-3-16(14(12)20)4-6-23-7-5-16/h8,10,12,14,20H,2-7,9H2,1H3,(H,17,18). The number of aryl methyl sites for hydroxylation is 1. The fourth-order valence-electron chi connectivity index (χ4n) is 3.89. The highest BCUT2D eigenvalue weighted by molar-refractivity contribution is 5.48. The lowest BCUT2D eigenvalue weighted by Crippen LogP contribution is -2.40. The maximum atomic E-state index is 10.7. The van der Waals surface area contributed by atoms with Gasteiger partial charge in [0.2, 0.25) is 0 Å². The number of aliphatic hydroxyl groups excluding tert-OH is 1. The van der Waals surface area contributed by atoms with Gasteiger partial charge in [-0.3, -0.25) is 10.1 Å². The van der Waals surface area contributed by atoms with Crippen molar-refractivity contribution in [2.75, 3.05) is 25.1 Å². The molecule has 1 spiro atoms. The van der Waals surface area contributed by atoms with Crippen molar-refractivity contribution in [1.82, 2.24) is 4.98 Å². The Morgan fingerprint density at radius 3 is 2.87 bits per heavy atom. The Morgan fingerprint density at radius 1 is 1.48 bits per heavy atom. The quantitative estimate of drug-likeness (QED) is 0.652. The summed E-state index contributed by atoms with van der Waals surface area (Å²) in [6, 6.07) is 1.51. The smallest absolute Gasteiger partial charge is 0.287 e. The molecule has 0 bridgehead atoms. The van der Waals surface area contributed by atoms with Crippen molar-refractivity contribution in [2.24, 2.45) is 11.3 Å². The molecule has 1 aromatic heterocycles. The molecule has 3 rings (SSSR count). The van der Waals surface area contributed by atoms with Crippen LogP contribution in [0.25, 0.3) is 0 Å². The summed E-state index contributed by atoms with van der Waals surface area (Å²) in [6.07, 6.45) is 4.83. The SMILES string of the molecule is Cc1cc([N+](=O)[O-])cnc1NCC1CCC2(CCOCC2)C1O. The predicted molar refractivity (Wildman–Crippen MR) is 85.3 cm³/mol. The fourth-order valence-corrected chi connectivity index (χ4v) is 3.89. The van der Waals surface area contributed by atoms with E-state index >= 15 is 0 Å². The van der Waals surface area contributed by atoms with Gasteiger partial charge in [-0.05, 0) is 38.2 Å². The lowest BCUT2D eigenvalue weighted by molar-refractivity contribution is -0.385. The molecule has 7 heteroatoms. The lowest BCUT2D eigenvalue weighted by atomic mass is 9.76. The van der Waals surface area contributed by atoms with Crippen molar-refractivity contribution in [3.63, 3.8) is 0 Å². The zero-order valence-electron chi connectivity index (χ0n) is 13.3. The van der Waals surface area contributed by atoms with Crippen molar-refractivity contribution in [3.8, 4) is 0 Å². The summed E-state index contributed by atoms with van der Waals surface area (Å²) in [5.41, 5.74) is 0.755. The molecule has 1 aliphatic heterocycles. The number of aliphatic hydroxyl groups is 1. The second kappa shape index (κ2) is 6.41. The normalized spacial score (nSPS) is 26.3. The minimum absolute atomic E-state index is 0.00453. The summed E-state index contributed by atoms with van der Waals surface area (Å²) in [7, 11) is 0. The number of hydrogen-bond acceptors (Lipinski definition) is 6. The predicted octanol–water partition coefficient (Wildman–Crippen LogP) is 2.28. The van der Waals surface area contributed by atoms with Gasteiger partial charge in [-0.2, -0.15) is 0 Å². The van der Waals surface area contributed by atoms with E-state index in [9.17, 15) is 15.2 Å². The van der Waals surface area contributed by atoms with Gasteiger partial charge < -0.3 is 15.2 Å². The Bertz CT molecular complexity index is 587.